The van der Waals surface area contributed by atoms with Crippen molar-refractivity contribution in [2.75, 3.05) is 0 Å². The molecule has 0 aliphatic rings. The van der Waals surface area contributed by atoms with Crippen molar-refractivity contribution in [3.63, 3.8) is 0 Å². The fourth-order valence-electron chi connectivity index (χ4n) is 19.7. The number of fused-ring (bicyclic) bond motifs is 32. The van der Waals surface area contributed by atoms with Crippen LogP contribution in [-0.2, 0) is 28.2 Å². The summed E-state index contributed by atoms with van der Waals surface area (Å²) in [7, 11) is 8.70. The summed E-state index contributed by atoms with van der Waals surface area (Å²) in [5.41, 5.74) is 40.7. The molecular formula is C104H112N12+4. The summed E-state index contributed by atoms with van der Waals surface area (Å²) in [6.07, 6.45) is 7.83. The second-order valence-corrected chi connectivity index (χ2v) is 35.4. The maximum absolute atomic E-state index is 4.95. The van der Waals surface area contributed by atoms with Crippen molar-refractivity contribution in [2.24, 2.45) is 28.2 Å². The largest absolute Gasteiger partial charge is 0.297 e. The SMILES string of the molecule is Cc1ccnc2c3c(C(C)C)c(C(C)C)ccc3n3c4ccccc4[n+](C)c3c12.Cc1ccnc2c3c(C(C)C)cc(C(C)C)cc3n3c4ccccc4[n+](C)c3c12.Cc1ccnc2c3c(C(C)C)ccc(C(C)C)c3n3c4ccccc4[n+](C)c3c12.Cc1ccnc2c3c(C(C)C)cccc3n3c4c(C(C)C)cccc4[n+](C)c3c12. The minimum atomic E-state index is 0.426. The number of hydrogen-bond acceptors (Lipinski definition) is 4. The van der Waals surface area contributed by atoms with Crippen molar-refractivity contribution in [1.82, 2.24) is 37.5 Å². The molecule has 0 bridgehead atoms. The van der Waals surface area contributed by atoms with E-state index in [0.717, 1.165) is 22.1 Å². The van der Waals surface area contributed by atoms with Crippen molar-refractivity contribution < 1.29 is 18.3 Å². The Morgan fingerprint density at radius 1 is 0.241 bits per heavy atom. The summed E-state index contributed by atoms with van der Waals surface area (Å²) in [5, 5.41) is 10.2. The van der Waals surface area contributed by atoms with Gasteiger partial charge >= 0.3 is 0 Å². The third kappa shape index (κ3) is 11.7. The molecule has 0 spiro atoms. The van der Waals surface area contributed by atoms with E-state index in [9.17, 15) is 0 Å². The monoisotopic (exact) mass is 1530 g/mol. The molecule has 8 aromatic carbocycles. The Morgan fingerprint density at radius 2 is 0.569 bits per heavy atom. The van der Waals surface area contributed by atoms with Crippen LogP contribution in [0.15, 0.2) is 195 Å². The van der Waals surface area contributed by atoms with Crippen molar-refractivity contribution in [3.8, 4) is 0 Å². The number of rotatable bonds is 8. The highest BCUT2D eigenvalue weighted by atomic mass is 15.1. The van der Waals surface area contributed by atoms with Gasteiger partial charge < -0.3 is 0 Å². The third-order valence-corrected chi connectivity index (χ3v) is 25.3. The lowest BCUT2D eigenvalue weighted by Gasteiger charge is -2.19. The van der Waals surface area contributed by atoms with Gasteiger partial charge in [0.25, 0.3) is 22.6 Å². The lowest BCUT2D eigenvalue weighted by molar-refractivity contribution is -0.617. The Hall–Kier alpha value is -11.8. The number of aryl methyl sites for hydroxylation is 8. The molecule has 12 heterocycles. The van der Waals surface area contributed by atoms with Crippen LogP contribution in [-0.4, -0.2) is 37.5 Å². The van der Waals surface area contributed by atoms with E-state index >= 15 is 0 Å². The Labute approximate surface area is 681 Å². The number of imidazole rings is 4. The lowest BCUT2D eigenvalue weighted by atomic mass is 9.86. The number of hydrogen-bond donors (Lipinski definition) is 0. The minimum absolute atomic E-state index is 0.426. The highest BCUT2D eigenvalue weighted by Gasteiger charge is 2.34. The molecule has 584 valence electrons. The second-order valence-electron chi connectivity index (χ2n) is 35.4. The van der Waals surface area contributed by atoms with Crippen LogP contribution in [0.3, 0.4) is 0 Å². The van der Waals surface area contributed by atoms with Gasteiger partial charge in [0.05, 0.1) is 93.3 Å². The maximum atomic E-state index is 4.95. The smallest absolute Gasteiger partial charge is 0.255 e. The third-order valence-electron chi connectivity index (χ3n) is 25.3. The summed E-state index contributed by atoms with van der Waals surface area (Å²) in [6, 6.07) is 62.1. The van der Waals surface area contributed by atoms with Gasteiger partial charge in [-0.2, -0.15) is 17.6 Å². The normalized spacial score (nSPS) is 12.4. The molecule has 0 atom stereocenters. The van der Waals surface area contributed by atoms with Crippen LogP contribution in [0.2, 0.25) is 0 Å². The molecule has 0 fully saturated rings. The van der Waals surface area contributed by atoms with Gasteiger partial charge in [-0.25, -0.2) is 18.3 Å². The van der Waals surface area contributed by atoms with Gasteiger partial charge in [0, 0.05) is 35.9 Å². The molecule has 12 aromatic heterocycles. The first-order valence-electron chi connectivity index (χ1n) is 42.2. The molecule has 12 heteroatoms. The van der Waals surface area contributed by atoms with Gasteiger partial charge in [-0.15, -0.1) is 0 Å². The van der Waals surface area contributed by atoms with E-state index in [1.165, 1.54) is 199 Å². The van der Waals surface area contributed by atoms with Crippen LogP contribution in [0.25, 0.3) is 154 Å². The van der Waals surface area contributed by atoms with Crippen LogP contribution in [0.5, 0.6) is 0 Å². The van der Waals surface area contributed by atoms with E-state index in [2.05, 4.69) is 372 Å². The molecule has 0 amide bonds. The van der Waals surface area contributed by atoms with Crippen molar-refractivity contribution in [2.45, 2.75) is 186 Å². The molecule has 20 rings (SSSR count). The Balaban J connectivity index is 0.000000111. The maximum Gasteiger partial charge on any atom is 0.297 e. The zero-order chi connectivity index (χ0) is 81.8. The van der Waals surface area contributed by atoms with E-state index in [1.807, 2.05) is 24.8 Å². The van der Waals surface area contributed by atoms with Crippen LogP contribution in [0.1, 0.15) is 225 Å². The van der Waals surface area contributed by atoms with Crippen LogP contribution in [0.4, 0.5) is 0 Å². The second kappa shape index (κ2) is 29.2. The van der Waals surface area contributed by atoms with Crippen LogP contribution >= 0.6 is 0 Å². The highest BCUT2D eigenvalue weighted by Crippen LogP contribution is 2.45. The molecule has 0 unspecified atom stereocenters. The quantitative estimate of drug-likeness (QED) is 0.112. The zero-order valence-corrected chi connectivity index (χ0v) is 72.5. The van der Waals surface area contributed by atoms with Gasteiger partial charge in [-0.05, 0) is 216 Å². The number of para-hydroxylation sites is 7. The lowest BCUT2D eigenvalue weighted by Crippen LogP contribution is -2.27. The van der Waals surface area contributed by atoms with Gasteiger partial charge in [-0.3, -0.25) is 19.9 Å². The first kappa shape index (κ1) is 76.8. The van der Waals surface area contributed by atoms with Crippen molar-refractivity contribution >= 4 is 154 Å². The standard InChI is InChI=1S/4C26H28N3/c1-15(2)18-9-7-11-20-23(18)24-22(17(5)13-14-27-24)26-28(6)21-12-8-10-19(16(3)4)25(21)29(20)26;1-15(2)18-13-19(16(3)4)24-22(14-18)29-21-10-8-7-9-20(21)28(6)26(29)23-17(5)11-12-27-25(23)24;1-15(2)18-11-12-19(16(3)4)25-23(18)24-22(17(5)13-14-27-24)26-28(6)20-9-7-8-10-21(20)29(25)26;1-15(2)18-11-12-21-24(22(18)16(3)4)25-23(17(5)13-14-27-25)26-28(6)19-9-7-8-10-20(19)29(21)26/h4*7-16H,1-6H3/q4*+1. The van der Waals surface area contributed by atoms with E-state index in [1.54, 1.807) is 0 Å². The molecule has 0 aliphatic carbocycles. The first-order chi connectivity index (χ1) is 55.6. The van der Waals surface area contributed by atoms with Gasteiger partial charge in [0.1, 0.15) is 22.1 Å². The van der Waals surface area contributed by atoms with Gasteiger partial charge in [-0.1, -0.05) is 196 Å². The van der Waals surface area contributed by atoms with Gasteiger partial charge in [0.15, 0.2) is 44.1 Å². The Morgan fingerprint density at radius 3 is 1.03 bits per heavy atom. The van der Waals surface area contributed by atoms with Crippen molar-refractivity contribution in [1.29, 1.82) is 0 Å². The van der Waals surface area contributed by atoms with E-state index in [0.29, 0.717) is 47.3 Å². The van der Waals surface area contributed by atoms with E-state index in [-0.39, 0.29) is 0 Å². The summed E-state index contributed by atoms with van der Waals surface area (Å²) in [4.78, 5) is 19.7. The van der Waals surface area contributed by atoms with Gasteiger partial charge in [0.2, 0.25) is 0 Å². The van der Waals surface area contributed by atoms with E-state index < -0.39 is 0 Å². The number of aromatic nitrogens is 12. The molecule has 12 nitrogen and oxygen atoms in total. The number of benzene rings is 8. The summed E-state index contributed by atoms with van der Waals surface area (Å²) in [6.45, 7) is 45.4. The fraction of sp³-hybridized carbons (Fsp3) is 0.308. The van der Waals surface area contributed by atoms with Crippen LogP contribution < -0.4 is 18.3 Å². The molecule has 116 heavy (non-hydrogen) atoms. The molecule has 20 aromatic rings. The average Bonchev–Trinajstić information content (AvgIpc) is 1.52. The highest BCUT2D eigenvalue weighted by molar-refractivity contribution is 6.17. The van der Waals surface area contributed by atoms with Crippen molar-refractivity contribution in [3.05, 3.63) is 261 Å². The molecule has 0 aliphatic heterocycles. The molecule has 0 N–H and O–H groups in total. The fourth-order valence-corrected chi connectivity index (χ4v) is 19.7. The van der Waals surface area contributed by atoms with E-state index in [4.69, 9.17) is 19.9 Å². The summed E-state index contributed by atoms with van der Waals surface area (Å²) < 4.78 is 19.2. The van der Waals surface area contributed by atoms with Crippen LogP contribution in [0, 0.1) is 27.7 Å². The zero-order valence-electron chi connectivity index (χ0n) is 72.5. The summed E-state index contributed by atoms with van der Waals surface area (Å²) in [5.74, 6) is 3.54. The first-order valence-corrected chi connectivity index (χ1v) is 42.2. The Kier molecular flexibility index (Phi) is 19.3. The molecular weight excluding hydrogens is 1420 g/mol. The molecule has 0 radical (unpaired) electrons. The Bertz CT molecular complexity index is 7380. The topological polar surface area (TPSA) is 84.7 Å². The molecule has 0 saturated heterocycles. The summed E-state index contributed by atoms with van der Waals surface area (Å²) >= 11 is 0. The predicted molar refractivity (Wildman–Crippen MR) is 487 cm³/mol. The number of pyridine rings is 8. The predicted octanol–water partition coefficient (Wildman–Crippen LogP) is 24.7. The minimum Gasteiger partial charge on any atom is -0.255 e. The average molecular weight is 1530 g/mol. The molecule has 0 saturated carbocycles. The number of nitrogens with zero attached hydrogens (tertiary/aromatic N) is 12.